The van der Waals surface area contributed by atoms with E-state index >= 15 is 0 Å². The molecule has 8 heteroatoms. The molecule has 3 amide bonds. The molecule has 0 saturated carbocycles. The number of amides is 3. The summed E-state index contributed by atoms with van der Waals surface area (Å²) in [7, 11) is 0. The summed E-state index contributed by atoms with van der Waals surface area (Å²) < 4.78 is 26.8. The molecule has 6 nitrogen and oxygen atoms in total. The maximum absolute atomic E-state index is 13.8. The minimum absolute atomic E-state index is 0.0647. The highest BCUT2D eigenvalue weighted by Crippen LogP contribution is 2.34. The van der Waals surface area contributed by atoms with Crippen molar-refractivity contribution in [2.75, 3.05) is 22.9 Å². The highest BCUT2D eigenvalue weighted by atomic mass is 19.1. The Bertz CT molecular complexity index is 1060. The Labute approximate surface area is 178 Å². The summed E-state index contributed by atoms with van der Waals surface area (Å²) in [5, 5.41) is 2.64. The molecule has 0 aliphatic carbocycles. The molecule has 2 aliphatic heterocycles. The van der Waals surface area contributed by atoms with Gasteiger partial charge < -0.3 is 15.1 Å². The van der Waals surface area contributed by atoms with E-state index in [1.165, 1.54) is 6.07 Å². The van der Waals surface area contributed by atoms with Crippen molar-refractivity contribution in [3.05, 3.63) is 59.2 Å². The highest BCUT2D eigenvalue weighted by Gasteiger charge is 2.36. The van der Waals surface area contributed by atoms with Gasteiger partial charge in [-0.15, -0.1) is 0 Å². The predicted molar refractivity (Wildman–Crippen MR) is 111 cm³/mol. The number of fused-ring (bicyclic) bond motifs is 1. The fourth-order valence-electron chi connectivity index (χ4n) is 4.13. The number of anilines is 2. The van der Waals surface area contributed by atoms with Crippen LogP contribution >= 0.6 is 0 Å². The minimum Gasteiger partial charge on any atom is -0.352 e. The molecular formula is C23H23F2N3O3. The number of hydrogen-bond acceptors (Lipinski definition) is 3. The van der Waals surface area contributed by atoms with E-state index in [1.54, 1.807) is 15.9 Å². The molecule has 0 radical (unpaired) electrons. The van der Waals surface area contributed by atoms with E-state index in [2.05, 4.69) is 5.32 Å². The molecule has 31 heavy (non-hydrogen) atoms. The third-order valence-corrected chi connectivity index (χ3v) is 5.84. The van der Waals surface area contributed by atoms with Crippen LogP contribution in [0.4, 0.5) is 20.2 Å². The van der Waals surface area contributed by atoms with E-state index in [0.717, 1.165) is 29.8 Å². The van der Waals surface area contributed by atoms with E-state index in [1.807, 2.05) is 19.1 Å². The molecule has 2 heterocycles. The van der Waals surface area contributed by atoms with Crippen molar-refractivity contribution in [2.24, 2.45) is 5.92 Å². The van der Waals surface area contributed by atoms with Crippen molar-refractivity contribution >= 4 is 29.1 Å². The van der Waals surface area contributed by atoms with Gasteiger partial charge in [-0.2, -0.15) is 0 Å². The van der Waals surface area contributed by atoms with Crippen molar-refractivity contribution < 1.29 is 23.2 Å². The molecule has 0 spiro atoms. The van der Waals surface area contributed by atoms with Crippen LogP contribution in [0.15, 0.2) is 36.4 Å². The Balaban J connectivity index is 1.41. The minimum atomic E-state index is -0.724. The second-order valence-corrected chi connectivity index (χ2v) is 7.82. The van der Waals surface area contributed by atoms with E-state index in [9.17, 15) is 23.2 Å². The van der Waals surface area contributed by atoms with Crippen LogP contribution in [-0.2, 0) is 27.3 Å². The van der Waals surface area contributed by atoms with Gasteiger partial charge in [-0.05, 0) is 36.2 Å². The van der Waals surface area contributed by atoms with Crippen molar-refractivity contribution in [3.63, 3.8) is 0 Å². The summed E-state index contributed by atoms with van der Waals surface area (Å²) >= 11 is 0. The van der Waals surface area contributed by atoms with Gasteiger partial charge in [-0.3, -0.25) is 14.4 Å². The summed E-state index contributed by atoms with van der Waals surface area (Å²) in [6, 6.07) is 8.74. The lowest BCUT2D eigenvalue weighted by Gasteiger charge is -2.20. The molecule has 2 aromatic rings. The van der Waals surface area contributed by atoms with E-state index in [0.29, 0.717) is 18.7 Å². The normalized spacial score (nSPS) is 17.8. The SMILES string of the molecule is CCC(=O)N1CCc2cc(N3C[C@@H](C(=O)NCc4ccc(F)cc4F)CC3=O)ccc21. The number of carbonyl (C=O) groups excluding carboxylic acids is 3. The van der Waals surface area contributed by atoms with Crippen LogP contribution < -0.4 is 15.1 Å². The van der Waals surface area contributed by atoms with Gasteiger partial charge in [0.05, 0.1) is 5.92 Å². The average Bonchev–Trinajstić information content (AvgIpc) is 3.35. The molecule has 1 fully saturated rings. The van der Waals surface area contributed by atoms with E-state index in [4.69, 9.17) is 0 Å². The first-order valence-electron chi connectivity index (χ1n) is 10.3. The van der Waals surface area contributed by atoms with Gasteiger partial charge in [0.2, 0.25) is 17.7 Å². The Morgan fingerprint density at radius 1 is 1.16 bits per heavy atom. The molecular weight excluding hydrogens is 404 g/mol. The number of benzene rings is 2. The molecule has 4 rings (SSSR count). The Morgan fingerprint density at radius 3 is 2.71 bits per heavy atom. The number of nitrogens with zero attached hydrogens (tertiary/aromatic N) is 2. The quantitative estimate of drug-likeness (QED) is 0.798. The molecule has 0 aromatic heterocycles. The van der Waals surface area contributed by atoms with Crippen LogP contribution in [-0.4, -0.2) is 30.8 Å². The zero-order chi connectivity index (χ0) is 22.1. The van der Waals surface area contributed by atoms with Crippen LogP contribution in [0.5, 0.6) is 0 Å². The van der Waals surface area contributed by atoms with Crippen LogP contribution in [0.3, 0.4) is 0 Å². The molecule has 0 bridgehead atoms. The number of hydrogen-bond donors (Lipinski definition) is 1. The number of halogens is 2. The van der Waals surface area contributed by atoms with Gasteiger partial charge in [0.15, 0.2) is 0 Å². The zero-order valence-electron chi connectivity index (χ0n) is 17.2. The Kier molecular flexibility index (Phi) is 5.71. The maximum Gasteiger partial charge on any atom is 0.227 e. The van der Waals surface area contributed by atoms with Gasteiger partial charge in [0, 0.05) is 55.5 Å². The number of rotatable bonds is 5. The van der Waals surface area contributed by atoms with Crippen LogP contribution in [0.1, 0.15) is 30.9 Å². The first kappa shape index (κ1) is 21.0. The van der Waals surface area contributed by atoms with Gasteiger partial charge in [-0.1, -0.05) is 13.0 Å². The average molecular weight is 427 g/mol. The van der Waals surface area contributed by atoms with E-state index in [-0.39, 0.29) is 42.8 Å². The first-order valence-corrected chi connectivity index (χ1v) is 10.3. The third-order valence-electron chi connectivity index (χ3n) is 5.84. The molecule has 0 unspecified atom stereocenters. The van der Waals surface area contributed by atoms with Crippen molar-refractivity contribution in [2.45, 2.75) is 32.7 Å². The van der Waals surface area contributed by atoms with Crippen LogP contribution in [0.2, 0.25) is 0 Å². The fraction of sp³-hybridized carbons (Fsp3) is 0.348. The Hall–Kier alpha value is -3.29. The molecule has 2 aromatic carbocycles. The van der Waals surface area contributed by atoms with Crippen LogP contribution in [0.25, 0.3) is 0 Å². The molecule has 1 atom stereocenters. The predicted octanol–water partition coefficient (Wildman–Crippen LogP) is 2.93. The summed E-state index contributed by atoms with van der Waals surface area (Å²) in [6.45, 7) is 2.61. The van der Waals surface area contributed by atoms with Crippen molar-refractivity contribution in [1.82, 2.24) is 5.32 Å². The lowest BCUT2D eigenvalue weighted by molar-refractivity contribution is -0.126. The van der Waals surface area contributed by atoms with Gasteiger partial charge in [-0.25, -0.2) is 8.78 Å². The zero-order valence-corrected chi connectivity index (χ0v) is 17.2. The standard InChI is InChI=1S/C23H23F2N3O3/c1-2-21(29)27-8-7-14-9-18(5-6-20(14)27)28-13-16(10-22(28)30)23(31)26-12-15-3-4-17(24)11-19(15)25/h3-6,9,11,16H,2,7-8,10,12-13H2,1H3,(H,26,31)/t16-/m0/s1. The molecule has 2 aliphatic rings. The third kappa shape index (κ3) is 4.15. The first-order chi connectivity index (χ1) is 14.9. The summed E-state index contributed by atoms with van der Waals surface area (Å²) in [5.74, 6) is -2.40. The van der Waals surface area contributed by atoms with Gasteiger partial charge >= 0.3 is 0 Å². The Morgan fingerprint density at radius 2 is 1.97 bits per heavy atom. The summed E-state index contributed by atoms with van der Waals surface area (Å²) in [6.07, 6.45) is 1.23. The second kappa shape index (κ2) is 8.45. The van der Waals surface area contributed by atoms with Crippen molar-refractivity contribution in [1.29, 1.82) is 0 Å². The second-order valence-electron chi connectivity index (χ2n) is 7.82. The molecule has 162 valence electrons. The van der Waals surface area contributed by atoms with Gasteiger partial charge in [0.25, 0.3) is 0 Å². The molecule has 1 saturated heterocycles. The number of nitrogens with one attached hydrogen (secondary N) is 1. The largest absolute Gasteiger partial charge is 0.352 e. The fourth-order valence-corrected chi connectivity index (χ4v) is 4.13. The summed E-state index contributed by atoms with van der Waals surface area (Å²) in [4.78, 5) is 40.5. The monoisotopic (exact) mass is 427 g/mol. The topological polar surface area (TPSA) is 69.7 Å². The number of carbonyl (C=O) groups is 3. The highest BCUT2D eigenvalue weighted by molar-refractivity contribution is 6.01. The van der Waals surface area contributed by atoms with E-state index < -0.39 is 17.6 Å². The van der Waals surface area contributed by atoms with Crippen LogP contribution in [0, 0.1) is 17.6 Å². The summed E-state index contributed by atoms with van der Waals surface area (Å²) in [5.41, 5.74) is 2.76. The maximum atomic E-state index is 13.8. The smallest absolute Gasteiger partial charge is 0.227 e. The van der Waals surface area contributed by atoms with Crippen molar-refractivity contribution in [3.8, 4) is 0 Å². The molecule has 1 N–H and O–H groups in total. The lowest BCUT2D eigenvalue weighted by atomic mass is 10.1. The van der Waals surface area contributed by atoms with Gasteiger partial charge in [0.1, 0.15) is 11.6 Å². The lowest BCUT2D eigenvalue weighted by Crippen LogP contribution is -2.32.